The summed E-state index contributed by atoms with van der Waals surface area (Å²) >= 11 is 0. The maximum absolute atomic E-state index is 11.2. The third-order valence-corrected chi connectivity index (χ3v) is 3.68. The number of hydrogen-bond donors (Lipinski definition) is 4. The van der Waals surface area contributed by atoms with Gasteiger partial charge in [-0.25, -0.2) is 9.59 Å². The average Bonchev–Trinajstić information content (AvgIpc) is 2.54. The van der Waals surface area contributed by atoms with Gasteiger partial charge in [-0.2, -0.15) is 0 Å². The number of carboxylic acid groups (broad SMARTS) is 1. The standard InChI is InChI=1S/C15H14O9/c16-9-5-4-6-7(22-9)2-1-3-8(6)23-15-12(19)10(17)11(18)13(24-15)14(20)21/h1-5,10-13,15,17-19H,(H,20,21)/t10-,11-,12+,13-,15+/m0/s1. The van der Waals surface area contributed by atoms with Gasteiger partial charge in [0.1, 0.15) is 29.6 Å². The minimum absolute atomic E-state index is 0.146. The predicted octanol–water partition coefficient (Wildman–Crippen LogP) is -0.936. The highest BCUT2D eigenvalue weighted by molar-refractivity contribution is 5.83. The fourth-order valence-corrected chi connectivity index (χ4v) is 2.45. The van der Waals surface area contributed by atoms with Crippen molar-refractivity contribution < 1.29 is 39.1 Å². The Morgan fingerprint density at radius 3 is 2.50 bits per heavy atom. The molecular weight excluding hydrogens is 324 g/mol. The van der Waals surface area contributed by atoms with Gasteiger partial charge < -0.3 is 34.3 Å². The summed E-state index contributed by atoms with van der Waals surface area (Å²) in [4.78, 5) is 22.3. The Kier molecular flexibility index (Phi) is 4.24. The van der Waals surface area contributed by atoms with E-state index in [0.717, 1.165) is 0 Å². The minimum atomic E-state index is -1.80. The number of carboxylic acids is 1. The molecular formula is C15H14O9. The Balaban J connectivity index is 1.92. The predicted molar refractivity (Wildman–Crippen MR) is 77.4 cm³/mol. The van der Waals surface area contributed by atoms with E-state index in [9.17, 15) is 24.9 Å². The van der Waals surface area contributed by atoms with Crippen LogP contribution in [0.5, 0.6) is 5.75 Å². The van der Waals surface area contributed by atoms with E-state index in [1.54, 1.807) is 0 Å². The van der Waals surface area contributed by atoms with Gasteiger partial charge >= 0.3 is 11.6 Å². The Hall–Kier alpha value is -2.46. The molecule has 0 radical (unpaired) electrons. The molecule has 0 amide bonds. The lowest BCUT2D eigenvalue weighted by Gasteiger charge is -2.38. The molecule has 3 rings (SSSR count). The van der Waals surface area contributed by atoms with E-state index in [0.29, 0.717) is 5.39 Å². The lowest BCUT2D eigenvalue weighted by atomic mass is 9.99. The fourth-order valence-electron chi connectivity index (χ4n) is 2.45. The molecule has 2 heterocycles. The lowest BCUT2D eigenvalue weighted by molar-refractivity contribution is -0.270. The zero-order valence-electron chi connectivity index (χ0n) is 12.1. The summed E-state index contributed by atoms with van der Waals surface area (Å²) in [5, 5.41) is 38.8. The van der Waals surface area contributed by atoms with Gasteiger partial charge in [-0.3, -0.25) is 0 Å². The molecule has 4 N–H and O–H groups in total. The monoisotopic (exact) mass is 338 g/mol. The van der Waals surface area contributed by atoms with Gasteiger partial charge in [-0.05, 0) is 18.2 Å². The zero-order chi connectivity index (χ0) is 17.4. The minimum Gasteiger partial charge on any atom is -0.479 e. The first kappa shape index (κ1) is 16.4. The van der Waals surface area contributed by atoms with E-state index in [-0.39, 0.29) is 11.3 Å². The van der Waals surface area contributed by atoms with E-state index in [1.165, 1.54) is 30.3 Å². The quantitative estimate of drug-likeness (QED) is 0.521. The second kappa shape index (κ2) is 6.21. The second-order valence-corrected chi connectivity index (χ2v) is 5.28. The molecule has 9 heteroatoms. The Morgan fingerprint density at radius 2 is 1.79 bits per heavy atom. The first-order valence-corrected chi connectivity index (χ1v) is 7.00. The highest BCUT2D eigenvalue weighted by atomic mass is 16.7. The van der Waals surface area contributed by atoms with Crippen molar-refractivity contribution in [3.05, 3.63) is 40.8 Å². The summed E-state index contributed by atoms with van der Waals surface area (Å²) in [6.45, 7) is 0. The Labute approximate surface area is 134 Å². The normalized spacial score (nSPS) is 30.2. The molecule has 128 valence electrons. The summed E-state index contributed by atoms with van der Waals surface area (Å²) in [7, 11) is 0. The number of hydrogen-bond acceptors (Lipinski definition) is 8. The maximum Gasteiger partial charge on any atom is 0.336 e. The molecule has 0 unspecified atom stereocenters. The highest BCUT2D eigenvalue weighted by Gasteiger charge is 2.48. The van der Waals surface area contributed by atoms with Crippen molar-refractivity contribution in [2.75, 3.05) is 0 Å². The van der Waals surface area contributed by atoms with Crippen LogP contribution < -0.4 is 10.4 Å². The molecule has 5 atom stereocenters. The zero-order valence-corrected chi connectivity index (χ0v) is 12.1. The molecule has 1 saturated heterocycles. The summed E-state index contributed by atoms with van der Waals surface area (Å²) < 4.78 is 15.5. The molecule has 0 saturated carbocycles. The molecule has 1 aliphatic rings. The fraction of sp³-hybridized carbons (Fsp3) is 0.333. The number of aliphatic hydroxyl groups excluding tert-OH is 3. The van der Waals surface area contributed by atoms with Crippen molar-refractivity contribution in [1.29, 1.82) is 0 Å². The van der Waals surface area contributed by atoms with E-state index < -0.39 is 42.3 Å². The van der Waals surface area contributed by atoms with Crippen molar-refractivity contribution in [1.82, 2.24) is 0 Å². The molecule has 1 aromatic heterocycles. The molecule has 9 nitrogen and oxygen atoms in total. The molecule has 1 aliphatic heterocycles. The number of aliphatic carboxylic acids is 1. The average molecular weight is 338 g/mol. The molecule has 1 fully saturated rings. The van der Waals surface area contributed by atoms with E-state index in [2.05, 4.69) is 0 Å². The smallest absolute Gasteiger partial charge is 0.336 e. The van der Waals surface area contributed by atoms with Crippen molar-refractivity contribution in [3.8, 4) is 5.75 Å². The molecule has 2 aromatic rings. The third kappa shape index (κ3) is 2.85. The molecule has 0 aliphatic carbocycles. The van der Waals surface area contributed by atoms with Crippen LogP contribution in [0.3, 0.4) is 0 Å². The molecule has 1 aromatic carbocycles. The van der Waals surface area contributed by atoms with Crippen LogP contribution in [-0.2, 0) is 9.53 Å². The molecule has 0 spiro atoms. The van der Waals surface area contributed by atoms with Gasteiger partial charge in [-0.1, -0.05) is 6.07 Å². The van der Waals surface area contributed by atoms with Gasteiger partial charge in [0.25, 0.3) is 0 Å². The van der Waals surface area contributed by atoms with Crippen molar-refractivity contribution >= 4 is 16.9 Å². The summed E-state index contributed by atoms with van der Waals surface area (Å²) in [5.41, 5.74) is -0.334. The van der Waals surface area contributed by atoms with E-state index >= 15 is 0 Å². The number of aliphatic hydroxyl groups is 3. The SMILES string of the molecule is O=C(O)[C@H]1O[C@@H](Oc2cccc3oc(=O)ccc23)[C@H](O)[C@@H](O)[C@@H]1O. The number of fused-ring (bicyclic) bond motifs is 1. The van der Waals surface area contributed by atoms with Gasteiger partial charge in [-0.15, -0.1) is 0 Å². The van der Waals surface area contributed by atoms with Gasteiger partial charge in [0.15, 0.2) is 6.10 Å². The van der Waals surface area contributed by atoms with Gasteiger partial charge in [0, 0.05) is 6.07 Å². The first-order valence-electron chi connectivity index (χ1n) is 7.00. The summed E-state index contributed by atoms with van der Waals surface area (Å²) in [6, 6.07) is 7.15. The molecule has 0 bridgehead atoms. The lowest BCUT2D eigenvalue weighted by Crippen LogP contribution is -2.61. The van der Waals surface area contributed by atoms with Crippen LogP contribution in [0.25, 0.3) is 11.0 Å². The number of rotatable bonds is 3. The Bertz CT molecular complexity index is 814. The van der Waals surface area contributed by atoms with Crippen molar-refractivity contribution in [2.45, 2.75) is 30.7 Å². The number of carbonyl (C=O) groups is 1. The van der Waals surface area contributed by atoms with Crippen LogP contribution >= 0.6 is 0 Å². The van der Waals surface area contributed by atoms with Crippen LogP contribution in [-0.4, -0.2) is 57.1 Å². The maximum atomic E-state index is 11.2. The van der Waals surface area contributed by atoms with Crippen LogP contribution in [0.1, 0.15) is 0 Å². The number of ether oxygens (including phenoxy) is 2. The summed E-state index contributed by atoms with van der Waals surface area (Å²) in [5.74, 6) is -1.36. The highest BCUT2D eigenvalue weighted by Crippen LogP contribution is 2.29. The number of benzene rings is 1. The Morgan fingerprint density at radius 1 is 1.04 bits per heavy atom. The van der Waals surface area contributed by atoms with Crippen molar-refractivity contribution in [3.63, 3.8) is 0 Å². The largest absolute Gasteiger partial charge is 0.479 e. The third-order valence-electron chi connectivity index (χ3n) is 3.68. The first-order chi connectivity index (χ1) is 11.4. The second-order valence-electron chi connectivity index (χ2n) is 5.28. The van der Waals surface area contributed by atoms with E-state index in [4.69, 9.17) is 19.0 Å². The topological polar surface area (TPSA) is 147 Å². The molecule has 24 heavy (non-hydrogen) atoms. The van der Waals surface area contributed by atoms with Crippen LogP contribution in [0, 0.1) is 0 Å². The van der Waals surface area contributed by atoms with Gasteiger partial charge in [0.05, 0.1) is 5.39 Å². The summed E-state index contributed by atoms with van der Waals surface area (Å²) in [6.07, 6.45) is -8.55. The van der Waals surface area contributed by atoms with Crippen LogP contribution in [0.4, 0.5) is 0 Å². The van der Waals surface area contributed by atoms with E-state index in [1.807, 2.05) is 0 Å². The van der Waals surface area contributed by atoms with Gasteiger partial charge in [0.2, 0.25) is 6.29 Å². The van der Waals surface area contributed by atoms with Crippen LogP contribution in [0.15, 0.2) is 39.5 Å². The van der Waals surface area contributed by atoms with Crippen molar-refractivity contribution in [2.24, 2.45) is 0 Å². The van der Waals surface area contributed by atoms with Crippen LogP contribution in [0.2, 0.25) is 0 Å².